The highest BCUT2D eigenvalue weighted by Crippen LogP contribution is 2.35. The van der Waals surface area contributed by atoms with E-state index < -0.39 is 6.04 Å². The standard InChI is InChI=1S/C31H34N6O3/c1-2-39-25-15-16-28-23(18-25)19-27(31(38)32-28)29(30-33-34-35-37(30)24-12-7-4-8-13-24)36(21-26-14-9-17-40-26)20-22-10-5-3-6-11-22/h3,5-6,9-11,14-19,24,29H,2,4,7-8,12-13,20-21H2,1H3,(H,32,38)/t29-/m1/s1. The van der Waals surface area contributed by atoms with Gasteiger partial charge >= 0.3 is 0 Å². The van der Waals surface area contributed by atoms with E-state index in [-0.39, 0.29) is 11.6 Å². The van der Waals surface area contributed by atoms with E-state index in [2.05, 4.69) is 37.5 Å². The van der Waals surface area contributed by atoms with Crippen LogP contribution in [0.2, 0.25) is 0 Å². The van der Waals surface area contributed by atoms with E-state index in [1.54, 1.807) is 6.26 Å². The molecule has 0 amide bonds. The zero-order valence-corrected chi connectivity index (χ0v) is 22.7. The fourth-order valence-corrected chi connectivity index (χ4v) is 5.79. The Balaban J connectivity index is 1.52. The van der Waals surface area contributed by atoms with Gasteiger partial charge in [-0.05, 0) is 72.2 Å². The van der Waals surface area contributed by atoms with Crippen molar-refractivity contribution in [2.45, 2.75) is 64.2 Å². The number of H-pyrrole nitrogens is 1. The summed E-state index contributed by atoms with van der Waals surface area (Å²) in [6.45, 7) is 3.56. The second-order valence-corrected chi connectivity index (χ2v) is 10.4. The number of tetrazole rings is 1. The van der Waals surface area contributed by atoms with Crippen LogP contribution in [0.1, 0.15) is 73.8 Å². The van der Waals surface area contributed by atoms with Gasteiger partial charge in [-0.3, -0.25) is 9.69 Å². The average molecular weight is 539 g/mol. The van der Waals surface area contributed by atoms with E-state index in [9.17, 15) is 4.79 Å². The Hall–Kier alpha value is -4.24. The second-order valence-electron chi connectivity index (χ2n) is 10.4. The number of pyridine rings is 1. The van der Waals surface area contributed by atoms with Crippen LogP contribution in [0.4, 0.5) is 0 Å². The second kappa shape index (κ2) is 11.9. The fraction of sp³-hybridized carbons (Fsp3) is 0.355. The Morgan fingerprint density at radius 3 is 2.67 bits per heavy atom. The summed E-state index contributed by atoms with van der Waals surface area (Å²) in [7, 11) is 0. The van der Waals surface area contributed by atoms with Crippen molar-refractivity contribution in [2.24, 2.45) is 0 Å². The largest absolute Gasteiger partial charge is 0.494 e. The fourth-order valence-electron chi connectivity index (χ4n) is 5.79. The number of hydrogen-bond acceptors (Lipinski definition) is 7. The van der Waals surface area contributed by atoms with Gasteiger partial charge in [0.05, 0.1) is 25.5 Å². The highest BCUT2D eigenvalue weighted by atomic mass is 16.5. The zero-order valence-electron chi connectivity index (χ0n) is 22.7. The van der Waals surface area contributed by atoms with Crippen molar-refractivity contribution in [3.63, 3.8) is 0 Å². The third-order valence-corrected chi connectivity index (χ3v) is 7.67. The third-order valence-electron chi connectivity index (χ3n) is 7.67. The minimum absolute atomic E-state index is 0.169. The first-order valence-corrected chi connectivity index (χ1v) is 14.1. The Bertz CT molecular complexity index is 1590. The van der Waals surface area contributed by atoms with Crippen molar-refractivity contribution in [1.29, 1.82) is 0 Å². The summed E-state index contributed by atoms with van der Waals surface area (Å²) in [5.41, 5.74) is 2.28. The van der Waals surface area contributed by atoms with Crippen LogP contribution in [0.15, 0.2) is 82.2 Å². The third kappa shape index (κ3) is 5.56. The van der Waals surface area contributed by atoms with E-state index in [0.717, 1.165) is 53.7 Å². The smallest absolute Gasteiger partial charge is 0.253 e. The lowest BCUT2D eigenvalue weighted by molar-refractivity contribution is 0.173. The summed E-state index contributed by atoms with van der Waals surface area (Å²) < 4.78 is 13.5. The summed E-state index contributed by atoms with van der Waals surface area (Å²) in [5.74, 6) is 2.22. The van der Waals surface area contributed by atoms with Gasteiger partial charge < -0.3 is 14.1 Å². The molecule has 206 valence electrons. The van der Waals surface area contributed by atoms with Crippen molar-refractivity contribution >= 4 is 10.9 Å². The number of ether oxygens (including phenoxy) is 1. The summed E-state index contributed by atoms with van der Waals surface area (Å²) in [6, 6.07) is 21.5. The van der Waals surface area contributed by atoms with Gasteiger partial charge in [-0.15, -0.1) is 5.10 Å². The van der Waals surface area contributed by atoms with Gasteiger partial charge in [0.15, 0.2) is 5.82 Å². The van der Waals surface area contributed by atoms with Gasteiger partial charge in [0.25, 0.3) is 5.56 Å². The van der Waals surface area contributed by atoms with Gasteiger partial charge in [0, 0.05) is 23.0 Å². The van der Waals surface area contributed by atoms with Crippen molar-refractivity contribution < 1.29 is 9.15 Å². The summed E-state index contributed by atoms with van der Waals surface area (Å²) in [6.07, 6.45) is 7.23. The van der Waals surface area contributed by atoms with E-state index in [0.29, 0.717) is 31.1 Å². The van der Waals surface area contributed by atoms with Gasteiger partial charge in [-0.25, -0.2) is 4.68 Å². The van der Waals surface area contributed by atoms with E-state index in [4.69, 9.17) is 9.15 Å². The predicted molar refractivity (Wildman–Crippen MR) is 152 cm³/mol. The molecule has 5 aromatic rings. The van der Waals surface area contributed by atoms with Gasteiger partial charge in [0.1, 0.15) is 17.6 Å². The van der Waals surface area contributed by atoms with E-state index in [1.165, 1.54) is 6.42 Å². The molecule has 1 N–H and O–H groups in total. The number of aromatic amines is 1. The normalized spacial score (nSPS) is 15.1. The van der Waals surface area contributed by atoms with Crippen LogP contribution >= 0.6 is 0 Å². The first-order valence-electron chi connectivity index (χ1n) is 14.1. The van der Waals surface area contributed by atoms with Gasteiger partial charge in [-0.2, -0.15) is 0 Å². The van der Waals surface area contributed by atoms with Crippen molar-refractivity contribution in [3.05, 3.63) is 106 Å². The molecule has 9 nitrogen and oxygen atoms in total. The molecule has 1 atom stereocenters. The van der Waals surface area contributed by atoms with Crippen LogP contribution in [-0.4, -0.2) is 36.7 Å². The number of nitrogens with one attached hydrogen (secondary N) is 1. The first kappa shape index (κ1) is 26.0. The molecular formula is C31H34N6O3. The lowest BCUT2D eigenvalue weighted by atomic mass is 9.95. The number of furan rings is 1. The number of nitrogens with zero attached hydrogens (tertiary/aromatic N) is 5. The Labute approximate surface area is 232 Å². The molecule has 2 aromatic carbocycles. The summed E-state index contributed by atoms with van der Waals surface area (Å²) in [4.78, 5) is 19.1. The molecule has 0 spiro atoms. The monoisotopic (exact) mass is 538 g/mol. The number of aromatic nitrogens is 5. The van der Waals surface area contributed by atoms with Crippen LogP contribution < -0.4 is 10.3 Å². The minimum atomic E-state index is -0.522. The zero-order chi connectivity index (χ0) is 27.3. The van der Waals surface area contributed by atoms with Crippen LogP contribution in [0.25, 0.3) is 10.9 Å². The summed E-state index contributed by atoms with van der Waals surface area (Å²) >= 11 is 0. The molecule has 3 heterocycles. The number of fused-ring (bicyclic) bond motifs is 1. The lowest BCUT2D eigenvalue weighted by Gasteiger charge is -2.32. The van der Waals surface area contributed by atoms with Gasteiger partial charge in [-0.1, -0.05) is 49.6 Å². The maximum atomic E-state index is 13.8. The molecule has 0 aliphatic heterocycles. The SMILES string of the molecule is CCOc1ccc2[nH]c(=O)c([C@H](c3nnnn3C3CCCCC3)N(Cc3ccccc3)Cc3ccco3)cc2c1. The molecule has 9 heteroatoms. The topological polar surface area (TPSA) is 102 Å². The molecular weight excluding hydrogens is 504 g/mol. The molecule has 40 heavy (non-hydrogen) atoms. The molecule has 1 aliphatic rings. The first-order chi connectivity index (χ1) is 19.7. The molecule has 0 saturated heterocycles. The van der Waals surface area contributed by atoms with E-state index >= 15 is 0 Å². The maximum absolute atomic E-state index is 13.8. The Morgan fingerprint density at radius 1 is 1.05 bits per heavy atom. The number of benzene rings is 2. The quantitative estimate of drug-likeness (QED) is 0.240. The lowest BCUT2D eigenvalue weighted by Crippen LogP contribution is -2.35. The molecule has 1 saturated carbocycles. The highest BCUT2D eigenvalue weighted by Gasteiger charge is 2.33. The molecule has 1 fully saturated rings. The van der Waals surface area contributed by atoms with Crippen molar-refractivity contribution in [1.82, 2.24) is 30.1 Å². The molecule has 6 rings (SSSR count). The number of hydrogen-bond donors (Lipinski definition) is 1. The van der Waals surface area contributed by atoms with Crippen molar-refractivity contribution in [2.75, 3.05) is 6.61 Å². The van der Waals surface area contributed by atoms with Crippen molar-refractivity contribution in [3.8, 4) is 5.75 Å². The van der Waals surface area contributed by atoms with Crippen LogP contribution in [0.5, 0.6) is 5.75 Å². The Kier molecular flexibility index (Phi) is 7.72. The Morgan fingerprint density at radius 2 is 1.90 bits per heavy atom. The van der Waals surface area contributed by atoms with Crippen LogP contribution in [0.3, 0.4) is 0 Å². The molecule has 3 aromatic heterocycles. The summed E-state index contributed by atoms with van der Waals surface area (Å²) in [5, 5.41) is 14.1. The highest BCUT2D eigenvalue weighted by molar-refractivity contribution is 5.80. The molecule has 1 aliphatic carbocycles. The van der Waals surface area contributed by atoms with Crippen LogP contribution in [-0.2, 0) is 13.1 Å². The van der Waals surface area contributed by atoms with Gasteiger partial charge in [0.2, 0.25) is 0 Å². The molecule has 0 radical (unpaired) electrons. The predicted octanol–water partition coefficient (Wildman–Crippen LogP) is 5.80. The van der Waals surface area contributed by atoms with E-state index in [1.807, 2.05) is 66.2 Å². The van der Waals surface area contributed by atoms with Crippen LogP contribution in [0, 0.1) is 0 Å². The average Bonchev–Trinajstić information content (AvgIpc) is 3.68. The molecule has 0 bridgehead atoms. The minimum Gasteiger partial charge on any atom is -0.494 e. The maximum Gasteiger partial charge on any atom is 0.253 e. The number of rotatable bonds is 10. The molecule has 0 unspecified atom stereocenters.